The van der Waals surface area contributed by atoms with Crippen molar-refractivity contribution < 1.29 is 66.3 Å². The summed E-state index contributed by atoms with van der Waals surface area (Å²) in [5, 5.41) is -6.81. The van der Waals surface area contributed by atoms with Crippen LogP contribution in [0.3, 0.4) is 0 Å². The molecule has 0 heterocycles. The second-order valence-electron chi connectivity index (χ2n) is 9.17. The number of benzene rings is 1. The van der Waals surface area contributed by atoms with Gasteiger partial charge in [0.2, 0.25) is 0 Å². The molecule has 0 amide bonds. The smallest absolute Gasteiger partial charge is 0.422 e. The molecule has 1 aromatic rings. The second-order valence-corrected chi connectivity index (χ2v) is 10.6. The van der Waals surface area contributed by atoms with Crippen LogP contribution in [-0.2, 0) is 25.7 Å². The molecule has 16 heteroatoms. The lowest BCUT2D eigenvalue weighted by molar-refractivity contribution is -0.484. The van der Waals surface area contributed by atoms with Gasteiger partial charge in [-0.05, 0) is 22.5 Å². The van der Waals surface area contributed by atoms with Crippen molar-refractivity contribution in [2.24, 2.45) is 0 Å². The molecule has 0 atom stereocenters. The van der Waals surface area contributed by atoms with Gasteiger partial charge in [-0.2, -0.15) is 43.5 Å². The van der Waals surface area contributed by atoms with E-state index < -0.39 is 73.0 Å². The zero-order valence-electron chi connectivity index (χ0n) is 18.3. The average Bonchev–Trinajstić information content (AvgIpc) is 2.52. The van der Waals surface area contributed by atoms with Gasteiger partial charge in [0.05, 0.1) is 0 Å². The van der Waals surface area contributed by atoms with Crippen molar-refractivity contribution in [3.8, 4) is 5.75 Å². The van der Waals surface area contributed by atoms with Crippen molar-refractivity contribution in [1.29, 1.82) is 0 Å². The molecular weight excluding hydrogens is 518 g/mol. The van der Waals surface area contributed by atoms with E-state index in [1.807, 2.05) is 0 Å². The van der Waals surface area contributed by atoms with Gasteiger partial charge in [-0.3, -0.25) is 4.55 Å². The van der Waals surface area contributed by atoms with Crippen LogP contribution in [0.5, 0.6) is 5.75 Å². The van der Waals surface area contributed by atoms with Crippen LogP contribution in [0.25, 0.3) is 0 Å². The third-order valence-corrected chi connectivity index (χ3v) is 5.10. The SMILES string of the molecule is CC(C)(C)c1cc(F)c(C(C)(C)C)c(OC(F)(F)C(F)(F)OC(F)(F)C(F)(F)S(=O)(=O)O)c1F. The summed E-state index contributed by atoms with van der Waals surface area (Å²) in [7, 11) is -7.13. The highest BCUT2D eigenvalue weighted by atomic mass is 32.2. The van der Waals surface area contributed by atoms with E-state index in [1.54, 1.807) is 0 Å². The summed E-state index contributed by atoms with van der Waals surface area (Å²) in [5.41, 5.74) is -4.62. The summed E-state index contributed by atoms with van der Waals surface area (Å²) in [4.78, 5) is 0. The first-order chi connectivity index (χ1) is 14.6. The van der Waals surface area contributed by atoms with E-state index in [9.17, 15) is 47.9 Å². The van der Waals surface area contributed by atoms with Crippen molar-refractivity contribution in [3.05, 3.63) is 28.8 Å². The Bertz CT molecular complexity index is 1040. The predicted molar refractivity (Wildman–Crippen MR) is 96.8 cm³/mol. The normalized spacial score (nSPS) is 15.0. The van der Waals surface area contributed by atoms with Crippen LogP contribution < -0.4 is 4.74 Å². The maximum absolute atomic E-state index is 15.1. The van der Waals surface area contributed by atoms with Crippen LogP contribution in [0.2, 0.25) is 0 Å². The van der Waals surface area contributed by atoms with Gasteiger partial charge in [0.15, 0.2) is 11.6 Å². The minimum absolute atomic E-state index is 0.580. The first-order valence-electron chi connectivity index (χ1n) is 9.00. The van der Waals surface area contributed by atoms with Gasteiger partial charge in [-0.15, -0.1) is 0 Å². The number of hydrogen-bond acceptors (Lipinski definition) is 4. The van der Waals surface area contributed by atoms with Crippen LogP contribution in [0.1, 0.15) is 52.7 Å². The van der Waals surface area contributed by atoms with Crippen LogP contribution in [0, 0.1) is 11.6 Å². The zero-order chi connectivity index (χ0) is 27.5. The van der Waals surface area contributed by atoms with Gasteiger partial charge < -0.3 is 4.74 Å². The minimum atomic E-state index is -7.13. The van der Waals surface area contributed by atoms with E-state index in [4.69, 9.17) is 4.55 Å². The molecule has 34 heavy (non-hydrogen) atoms. The number of hydrogen-bond donors (Lipinski definition) is 1. The largest absolute Gasteiger partial charge is 0.494 e. The minimum Gasteiger partial charge on any atom is -0.422 e. The second kappa shape index (κ2) is 8.40. The lowest BCUT2D eigenvalue weighted by atomic mass is 9.80. The van der Waals surface area contributed by atoms with E-state index >= 15 is 4.39 Å². The lowest BCUT2D eigenvalue weighted by Gasteiger charge is -2.33. The molecule has 1 aromatic carbocycles. The van der Waals surface area contributed by atoms with Crippen molar-refractivity contribution in [2.75, 3.05) is 0 Å². The maximum Gasteiger partial charge on any atom is 0.494 e. The molecule has 0 spiro atoms. The Hall–Kier alpha value is -1.81. The van der Waals surface area contributed by atoms with Crippen LogP contribution in [-0.4, -0.2) is 36.6 Å². The fourth-order valence-electron chi connectivity index (χ4n) is 2.56. The third kappa shape index (κ3) is 5.53. The van der Waals surface area contributed by atoms with E-state index in [2.05, 4.69) is 9.47 Å². The highest BCUT2D eigenvalue weighted by molar-refractivity contribution is 7.86. The molecule has 1 rings (SSSR count). The monoisotopic (exact) mass is 538 g/mol. The molecule has 0 aliphatic rings. The lowest BCUT2D eigenvalue weighted by Crippen LogP contribution is -2.57. The Morgan fingerprint density at radius 1 is 0.765 bits per heavy atom. The highest BCUT2D eigenvalue weighted by Crippen LogP contribution is 2.49. The molecule has 0 unspecified atom stereocenters. The van der Waals surface area contributed by atoms with Gasteiger partial charge in [0, 0.05) is 5.56 Å². The molecule has 0 bridgehead atoms. The van der Waals surface area contributed by atoms with Crippen LogP contribution >= 0.6 is 0 Å². The summed E-state index contributed by atoms with van der Waals surface area (Å²) < 4.78 is 174. The van der Waals surface area contributed by atoms with E-state index in [1.165, 1.54) is 20.8 Å². The molecule has 0 saturated heterocycles. The first kappa shape index (κ1) is 30.2. The summed E-state index contributed by atoms with van der Waals surface area (Å²) in [6.45, 7) is 7.21. The molecule has 0 aliphatic carbocycles. The van der Waals surface area contributed by atoms with Crippen LogP contribution in [0.4, 0.5) is 43.9 Å². The number of alkyl halides is 8. The Balaban J connectivity index is 3.70. The Morgan fingerprint density at radius 3 is 1.56 bits per heavy atom. The maximum atomic E-state index is 15.1. The van der Waals surface area contributed by atoms with E-state index in [0.29, 0.717) is 6.07 Å². The van der Waals surface area contributed by atoms with E-state index in [-0.39, 0.29) is 0 Å². The topological polar surface area (TPSA) is 72.8 Å². The van der Waals surface area contributed by atoms with Crippen LogP contribution in [0.15, 0.2) is 6.07 Å². The van der Waals surface area contributed by atoms with Crippen molar-refractivity contribution in [1.82, 2.24) is 0 Å². The summed E-state index contributed by atoms with van der Waals surface area (Å²) in [5.74, 6) is -5.04. The molecule has 5 nitrogen and oxygen atoms in total. The van der Waals surface area contributed by atoms with Crippen molar-refractivity contribution in [2.45, 2.75) is 76.0 Å². The quantitative estimate of drug-likeness (QED) is 0.330. The molecule has 0 fully saturated rings. The van der Waals surface area contributed by atoms with Gasteiger partial charge in [-0.1, -0.05) is 41.5 Å². The third-order valence-electron chi connectivity index (χ3n) is 4.22. The Labute approximate surface area is 187 Å². The van der Waals surface area contributed by atoms with Gasteiger partial charge in [-0.25, -0.2) is 13.5 Å². The Morgan fingerprint density at radius 2 is 1.21 bits per heavy atom. The average molecular weight is 538 g/mol. The molecule has 0 aromatic heterocycles. The summed E-state index contributed by atoms with van der Waals surface area (Å²) >= 11 is 0. The number of halogens is 10. The summed E-state index contributed by atoms with van der Waals surface area (Å²) in [6.07, 6.45) is -20.1. The fraction of sp³-hybridized carbons (Fsp3) is 0.667. The predicted octanol–water partition coefficient (Wildman–Crippen LogP) is 6.21. The molecule has 198 valence electrons. The van der Waals surface area contributed by atoms with E-state index in [0.717, 1.165) is 20.8 Å². The van der Waals surface area contributed by atoms with Crippen molar-refractivity contribution in [3.63, 3.8) is 0 Å². The molecule has 0 saturated carbocycles. The van der Waals surface area contributed by atoms with Crippen molar-refractivity contribution >= 4 is 10.1 Å². The fourth-order valence-corrected chi connectivity index (χ4v) is 2.90. The number of rotatable bonds is 7. The molecule has 0 radical (unpaired) electrons. The van der Waals surface area contributed by atoms with Gasteiger partial charge in [0.25, 0.3) is 0 Å². The van der Waals surface area contributed by atoms with Gasteiger partial charge >= 0.3 is 33.7 Å². The molecule has 1 N–H and O–H groups in total. The number of ether oxygens (including phenoxy) is 2. The Kier molecular flexibility index (Phi) is 7.46. The zero-order valence-corrected chi connectivity index (χ0v) is 19.2. The molecule has 0 aliphatic heterocycles. The standard InChI is InChI=1S/C18H20F10O5S/c1-13(2,3)8-7-9(19)10(14(4,5)6)12(11(8)20)32-15(21,22)16(23,24)33-17(25,26)18(27,28)34(29,30)31/h7H,1-6H3,(H,29,30,31). The summed E-state index contributed by atoms with van der Waals surface area (Å²) in [6, 6.07) is 0.580. The molecular formula is C18H20F10O5S. The first-order valence-corrected chi connectivity index (χ1v) is 10.4. The highest BCUT2D eigenvalue weighted by Gasteiger charge is 2.75. The van der Waals surface area contributed by atoms with Gasteiger partial charge in [0.1, 0.15) is 5.82 Å².